The highest BCUT2D eigenvalue weighted by Gasteiger charge is 2.11. The van der Waals surface area contributed by atoms with E-state index in [1.54, 1.807) is 37.3 Å². The molecule has 0 unspecified atom stereocenters. The number of anilines is 1. The second-order valence-corrected chi connectivity index (χ2v) is 7.78. The minimum absolute atomic E-state index is 0.0148. The van der Waals surface area contributed by atoms with Crippen LogP contribution in [0.2, 0.25) is 10.0 Å². The van der Waals surface area contributed by atoms with E-state index < -0.39 is 5.91 Å². The summed E-state index contributed by atoms with van der Waals surface area (Å²) in [6.07, 6.45) is 0.0148. The molecule has 3 aromatic rings. The summed E-state index contributed by atoms with van der Waals surface area (Å²) >= 11 is 11.8. The Bertz CT molecular complexity index is 1120. The summed E-state index contributed by atoms with van der Waals surface area (Å²) in [4.78, 5) is 24.4. The van der Waals surface area contributed by atoms with Crippen LogP contribution in [-0.2, 0) is 11.4 Å². The standard InChI is InChI=1S/C24H21Cl2N3O3/c1-16(28-29-24(31)21-12-7-18(25)14-22(21)26)13-23(30)27-19-8-10-20(11-9-19)32-15-17-5-3-2-4-6-17/h2-12,14H,13,15H2,1H3,(H,27,30)(H,29,31)/b28-16+. The van der Waals surface area contributed by atoms with Crippen LogP contribution >= 0.6 is 23.2 Å². The maximum Gasteiger partial charge on any atom is 0.272 e. The number of benzene rings is 3. The minimum Gasteiger partial charge on any atom is -0.489 e. The smallest absolute Gasteiger partial charge is 0.272 e. The second-order valence-electron chi connectivity index (χ2n) is 6.94. The Hall–Kier alpha value is -3.35. The SMILES string of the molecule is C/C(CC(=O)Nc1ccc(OCc2ccccc2)cc1)=N\NC(=O)c1ccc(Cl)cc1Cl. The number of nitrogens with zero attached hydrogens (tertiary/aromatic N) is 1. The molecule has 0 saturated carbocycles. The first-order valence-corrected chi connectivity index (χ1v) is 10.5. The Morgan fingerprint density at radius 3 is 2.38 bits per heavy atom. The fraction of sp³-hybridized carbons (Fsp3) is 0.125. The molecule has 2 N–H and O–H groups in total. The average molecular weight is 470 g/mol. The molecular weight excluding hydrogens is 449 g/mol. The molecule has 0 atom stereocenters. The van der Waals surface area contributed by atoms with Crippen molar-refractivity contribution >= 4 is 46.4 Å². The van der Waals surface area contributed by atoms with Gasteiger partial charge in [0.2, 0.25) is 5.91 Å². The highest BCUT2D eigenvalue weighted by Crippen LogP contribution is 2.21. The molecule has 8 heteroatoms. The van der Waals surface area contributed by atoms with E-state index in [1.165, 1.54) is 12.1 Å². The Kier molecular flexibility index (Phi) is 8.25. The summed E-state index contributed by atoms with van der Waals surface area (Å²) in [6.45, 7) is 2.11. The number of hydrogen-bond acceptors (Lipinski definition) is 4. The Balaban J connectivity index is 1.47. The lowest BCUT2D eigenvalue weighted by Crippen LogP contribution is -2.21. The third-order valence-electron chi connectivity index (χ3n) is 4.33. The van der Waals surface area contributed by atoms with E-state index in [0.29, 0.717) is 28.8 Å². The van der Waals surface area contributed by atoms with Crippen LogP contribution in [0.4, 0.5) is 5.69 Å². The van der Waals surface area contributed by atoms with Crippen molar-refractivity contribution in [3.8, 4) is 5.75 Å². The van der Waals surface area contributed by atoms with Crippen molar-refractivity contribution in [2.75, 3.05) is 5.32 Å². The summed E-state index contributed by atoms with van der Waals surface area (Å²) in [6, 6.07) is 21.5. The monoisotopic (exact) mass is 469 g/mol. The molecule has 0 bridgehead atoms. The predicted octanol–water partition coefficient (Wildman–Crippen LogP) is 5.71. The number of carbonyl (C=O) groups is 2. The summed E-state index contributed by atoms with van der Waals surface area (Å²) in [5.41, 5.74) is 4.77. The number of ether oxygens (including phenoxy) is 1. The van der Waals surface area contributed by atoms with Crippen molar-refractivity contribution in [3.63, 3.8) is 0 Å². The van der Waals surface area contributed by atoms with Crippen molar-refractivity contribution in [2.24, 2.45) is 5.10 Å². The number of rotatable bonds is 8. The molecule has 3 aromatic carbocycles. The molecule has 32 heavy (non-hydrogen) atoms. The summed E-state index contributed by atoms with van der Waals surface area (Å²) in [5.74, 6) is -0.0475. The van der Waals surface area contributed by atoms with Gasteiger partial charge in [-0.05, 0) is 55.0 Å². The van der Waals surface area contributed by atoms with Crippen LogP contribution in [0.5, 0.6) is 5.75 Å². The minimum atomic E-state index is -0.488. The van der Waals surface area contributed by atoms with Crippen LogP contribution in [0.1, 0.15) is 29.3 Å². The third-order valence-corrected chi connectivity index (χ3v) is 4.87. The average Bonchev–Trinajstić information content (AvgIpc) is 2.77. The molecule has 0 aliphatic heterocycles. The number of halogens is 2. The largest absolute Gasteiger partial charge is 0.489 e. The van der Waals surface area contributed by atoms with Crippen LogP contribution in [0, 0.1) is 0 Å². The van der Waals surface area contributed by atoms with Gasteiger partial charge in [-0.1, -0.05) is 53.5 Å². The van der Waals surface area contributed by atoms with E-state index in [2.05, 4.69) is 15.8 Å². The molecule has 0 spiro atoms. The van der Waals surface area contributed by atoms with Crippen molar-refractivity contribution in [1.82, 2.24) is 5.43 Å². The highest BCUT2D eigenvalue weighted by molar-refractivity contribution is 6.36. The second kappa shape index (κ2) is 11.3. The van der Waals surface area contributed by atoms with Gasteiger partial charge in [-0.2, -0.15) is 5.10 Å². The molecule has 0 saturated heterocycles. The van der Waals surface area contributed by atoms with Crippen molar-refractivity contribution in [1.29, 1.82) is 0 Å². The van der Waals surface area contributed by atoms with Gasteiger partial charge in [0.15, 0.2) is 0 Å². The molecule has 0 aromatic heterocycles. The van der Waals surface area contributed by atoms with E-state index in [4.69, 9.17) is 27.9 Å². The van der Waals surface area contributed by atoms with Crippen molar-refractivity contribution in [3.05, 3.63) is 94.0 Å². The lowest BCUT2D eigenvalue weighted by atomic mass is 10.2. The van der Waals surface area contributed by atoms with Gasteiger partial charge >= 0.3 is 0 Å². The van der Waals surface area contributed by atoms with Crippen LogP contribution in [0.3, 0.4) is 0 Å². The molecule has 3 rings (SSSR count). The summed E-state index contributed by atoms with van der Waals surface area (Å²) in [7, 11) is 0. The molecule has 0 heterocycles. The quantitative estimate of drug-likeness (QED) is 0.327. The fourth-order valence-electron chi connectivity index (χ4n) is 2.73. The number of nitrogens with one attached hydrogen (secondary N) is 2. The van der Waals surface area contributed by atoms with E-state index in [1.807, 2.05) is 30.3 Å². The maximum absolute atomic E-state index is 12.3. The molecule has 6 nitrogen and oxygen atoms in total. The number of hydrazone groups is 1. The third kappa shape index (κ3) is 7.11. The van der Waals surface area contributed by atoms with Gasteiger partial charge in [-0.3, -0.25) is 9.59 Å². The Morgan fingerprint density at radius 1 is 0.969 bits per heavy atom. The molecule has 0 fully saturated rings. The van der Waals surface area contributed by atoms with Gasteiger partial charge in [0.25, 0.3) is 5.91 Å². The van der Waals surface area contributed by atoms with Crippen molar-refractivity contribution in [2.45, 2.75) is 20.0 Å². The van der Waals surface area contributed by atoms with Crippen LogP contribution in [0.15, 0.2) is 77.9 Å². The molecule has 0 aliphatic rings. The van der Waals surface area contributed by atoms with Gasteiger partial charge in [0, 0.05) is 16.4 Å². The predicted molar refractivity (Wildman–Crippen MR) is 127 cm³/mol. The number of carbonyl (C=O) groups excluding carboxylic acids is 2. The zero-order chi connectivity index (χ0) is 22.9. The molecular formula is C24H21Cl2N3O3. The zero-order valence-corrected chi connectivity index (χ0v) is 18.8. The van der Waals surface area contributed by atoms with E-state index >= 15 is 0 Å². The molecule has 2 amide bonds. The van der Waals surface area contributed by atoms with Gasteiger partial charge in [-0.15, -0.1) is 0 Å². The lowest BCUT2D eigenvalue weighted by molar-refractivity contribution is -0.115. The van der Waals surface area contributed by atoms with Crippen LogP contribution in [-0.4, -0.2) is 17.5 Å². The normalized spacial score (nSPS) is 11.0. The van der Waals surface area contributed by atoms with Gasteiger partial charge in [0.05, 0.1) is 17.0 Å². The number of amides is 2. The maximum atomic E-state index is 12.3. The van der Waals surface area contributed by atoms with Crippen LogP contribution < -0.4 is 15.5 Å². The fourth-order valence-corrected chi connectivity index (χ4v) is 3.23. The highest BCUT2D eigenvalue weighted by atomic mass is 35.5. The van der Waals surface area contributed by atoms with E-state index in [0.717, 1.165) is 5.56 Å². The lowest BCUT2D eigenvalue weighted by Gasteiger charge is -2.09. The Morgan fingerprint density at radius 2 is 1.69 bits per heavy atom. The Labute approximate surface area is 196 Å². The molecule has 164 valence electrons. The van der Waals surface area contributed by atoms with Crippen LogP contribution in [0.25, 0.3) is 0 Å². The summed E-state index contributed by atoms with van der Waals surface area (Å²) in [5, 5.41) is 7.39. The first-order chi connectivity index (χ1) is 15.4. The van der Waals surface area contributed by atoms with E-state index in [9.17, 15) is 9.59 Å². The van der Waals surface area contributed by atoms with Gasteiger partial charge in [0.1, 0.15) is 12.4 Å². The number of hydrogen-bond donors (Lipinski definition) is 2. The molecule has 0 aliphatic carbocycles. The van der Waals surface area contributed by atoms with Crippen molar-refractivity contribution < 1.29 is 14.3 Å². The van der Waals surface area contributed by atoms with Gasteiger partial charge < -0.3 is 10.1 Å². The summed E-state index contributed by atoms with van der Waals surface area (Å²) < 4.78 is 5.73. The van der Waals surface area contributed by atoms with E-state index in [-0.39, 0.29) is 22.9 Å². The zero-order valence-electron chi connectivity index (χ0n) is 17.3. The first-order valence-electron chi connectivity index (χ1n) is 9.76. The first kappa shape index (κ1) is 23.3. The topological polar surface area (TPSA) is 79.8 Å². The molecule has 0 radical (unpaired) electrons. The van der Waals surface area contributed by atoms with Gasteiger partial charge in [-0.25, -0.2) is 5.43 Å².